The Bertz CT molecular complexity index is 554. The second-order valence-electron chi connectivity index (χ2n) is 4.74. The van der Waals surface area contributed by atoms with Crippen LogP contribution in [0.2, 0.25) is 0 Å². The second kappa shape index (κ2) is 5.77. The van der Waals surface area contributed by atoms with Crippen LogP contribution in [0.3, 0.4) is 0 Å². The van der Waals surface area contributed by atoms with E-state index < -0.39 is 5.60 Å². The third-order valence-electron chi connectivity index (χ3n) is 3.17. The third kappa shape index (κ3) is 2.66. The Hall–Kier alpha value is -2.30. The highest BCUT2D eigenvalue weighted by Gasteiger charge is 2.42. The van der Waals surface area contributed by atoms with Crippen LogP contribution >= 0.6 is 0 Å². The van der Waals surface area contributed by atoms with Gasteiger partial charge < -0.3 is 14.9 Å². The van der Waals surface area contributed by atoms with E-state index in [2.05, 4.69) is 17.1 Å². The van der Waals surface area contributed by atoms with E-state index in [1.807, 2.05) is 24.3 Å². The van der Waals surface area contributed by atoms with E-state index in [0.29, 0.717) is 24.4 Å². The fourth-order valence-corrected chi connectivity index (χ4v) is 2.04. The van der Waals surface area contributed by atoms with Crippen molar-refractivity contribution < 1.29 is 14.4 Å². The Morgan fingerprint density at radius 2 is 2.35 bits per heavy atom. The van der Waals surface area contributed by atoms with Gasteiger partial charge in [-0.1, -0.05) is 23.4 Å². The lowest BCUT2D eigenvalue weighted by Gasteiger charge is -2.19. The maximum absolute atomic E-state index is 12.1. The van der Waals surface area contributed by atoms with Gasteiger partial charge in [0.2, 0.25) is 5.60 Å². The molecule has 5 nitrogen and oxygen atoms in total. The molecule has 20 heavy (non-hydrogen) atoms. The second-order valence-corrected chi connectivity index (χ2v) is 4.74. The molecule has 0 aromatic heterocycles. The first-order chi connectivity index (χ1) is 9.60. The van der Waals surface area contributed by atoms with E-state index in [0.717, 1.165) is 5.56 Å². The van der Waals surface area contributed by atoms with Crippen molar-refractivity contribution in [3.63, 3.8) is 0 Å². The third-order valence-corrected chi connectivity index (χ3v) is 3.17. The summed E-state index contributed by atoms with van der Waals surface area (Å²) in [6.45, 7) is 5.69. The number of nitrogens with zero attached hydrogens (tertiary/aromatic N) is 1. The van der Waals surface area contributed by atoms with Crippen LogP contribution in [0, 0.1) is 0 Å². The van der Waals surface area contributed by atoms with Crippen molar-refractivity contribution in [2.24, 2.45) is 5.16 Å². The number of carbonyl (C=O) groups is 1. The molecule has 1 aliphatic heterocycles. The molecule has 0 aliphatic carbocycles. The Kier molecular flexibility index (Phi) is 4.08. The van der Waals surface area contributed by atoms with Crippen LogP contribution in [0.25, 0.3) is 0 Å². The van der Waals surface area contributed by atoms with Gasteiger partial charge in [0.1, 0.15) is 5.75 Å². The van der Waals surface area contributed by atoms with E-state index in [1.165, 1.54) is 0 Å². The van der Waals surface area contributed by atoms with Crippen molar-refractivity contribution in [2.45, 2.75) is 18.9 Å². The lowest BCUT2D eigenvalue weighted by Crippen LogP contribution is -2.44. The van der Waals surface area contributed by atoms with Gasteiger partial charge in [-0.3, -0.25) is 4.79 Å². The van der Waals surface area contributed by atoms with Gasteiger partial charge in [-0.05, 0) is 19.1 Å². The summed E-state index contributed by atoms with van der Waals surface area (Å²) in [5.74, 6) is 0.511. The van der Waals surface area contributed by atoms with Gasteiger partial charge in [-0.15, -0.1) is 6.58 Å². The normalized spacial score (nSPS) is 20.8. The predicted molar refractivity (Wildman–Crippen MR) is 76.8 cm³/mol. The molecule has 1 N–H and O–H groups in total. The minimum atomic E-state index is -0.987. The van der Waals surface area contributed by atoms with Crippen molar-refractivity contribution in [2.75, 3.05) is 13.7 Å². The fraction of sp³-hybridized carbons (Fsp3) is 0.333. The molecular weight excluding hydrogens is 256 g/mol. The Balaban J connectivity index is 2.15. The summed E-state index contributed by atoms with van der Waals surface area (Å²) >= 11 is 0. The van der Waals surface area contributed by atoms with E-state index in [9.17, 15) is 4.79 Å². The predicted octanol–water partition coefficient (Wildman–Crippen LogP) is 1.88. The van der Waals surface area contributed by atoms with Crippen LogP contribution in [-0.2, 0) is 9.63 Å². The molecule has 1 heterocycles. The van der Waals surface area contributed by atoms with Crippen molar-refractivity contribution in [1.29, 1.82) is 0 Å². The van der Waals surface area contributed by atoms with Crippen LogP contribution in [0.4, 0.5) is 0 Å². The Morgan fingerprint density at radius 3 is 3.05 bits per heavy atom. The molecule has 0 bridgehead atoms. The minimum absolute atomic E-state index is 0.203. The van der Waals surface area contributed by atoms with Gasteiger partial charge in [-0.25, -0.2) is 0 Å². The van der Waals surface area contributed by atoms with Gasteiger partial charge in [0.15, 0.2) is 0 Å². The molecule has 1 aromatic carbocycles. The lowest BCUT2D eigenvalue weighted by molar-refractivity contribution is -0.141. The first-order valence-electron chi connectivity index (χ1n) is 6.38. The molecule has 1 atom stereocenters. The van der Waals surface area contributed by atoms with Crippen molar-refractivity contribution in [1.82, 2.24) is 5.32 Å². The maximum atomic E-state index is 12.1. The number of oxime groups is 1. The maximum Gasteiger partial charge on any atom is 0.267 e. The van der Waals surface area contributed by atoms with Gasteiger partial charge in [0, 0.05) is 18.5 Å². The zero-order valence-electron chi connectivity index (χ0n) is 11.7. The number of methoxy groups -OCH3 is 1. The van der Waals surface area contributed by atoms with Crippen LogP contribution in [-0.4, -0.2) is 30.9 Å². The quantitative estimate of drug-likeness (QED) is 0.834. The first-order valence-corrected chi connectivity index (χ1v) is 6.38. The van der Waals surface area contributed by atoms with Crippen LogP contribution in [0.5, 0.6) is 5.75 Å². The van der Waals surface area contributed by atoms with E-state index in [1.54, 1.807) is 20.1 Å². The zero-order chi connectivity index (χ0) is 14.6. The number of ether oxygens (including phenoxy) is 1. The van der Waals surface area contributed by atoms with Crippen molar-refractivity contribution >= 4 is 11.6 Å². The number of rotatable bonds is 5. The summed E-state index contributed by atoms with van der Waals surface area (Å²) in [5, 5.41) is 6.78. The molecule has 2 rings (SSSR count). The topological polar surface area (TPSA) is 59.9 Å². The number of benzene rings is 1. The average Bonchev–Trinajstić information content (AvgIpc) is 2.88. The minimum Gasteiger partial charge on any atom is -0.496 e. The molecule has 0 radical (unpaired) electrons. The van der Waals surface area contributed by atoms with Gasteiger partial charge in [-0.2, -0.15) is 0 Å². The van der Waals surface area contributed by atoms with Gasteiger partial charge in [0.25, 0.3) is 5.91 Å². The Labute approximate surface area is 118 Å². The first kappa shape index (κ1) is 14.1. The number of amides is 1. The number of nitrogens with one attached hydrogen (secondary N) is 1. The summed E-state index contributed by atoms with van der Waals surface area (Å²) in [7, 11) is 1.60. The van der Waals surface area contributed by atoms with E-state index in [4.69, 9.17) is 9.57 Å². The highest BCUT2D eigenvalue weighted by Crippen LogP contribution is 2.30. The van der Waals surface area contributed by atoms with Crippen molar-refractivity contribution in [3.8, 4) is 5.75 Å². The summed E-state index contributed by atoms with van der Waals surface area (Å²) in [6.07, 6.45) is 2.02. The van der Waals surface area contributed by atoms with E-state index >= 15 is 0 Å². The fourth-order valence-electron chi connectivity index (χ4n) is 2.04. The number of hydrogen-bond acceptors (Lipinski definition) is 4. The molecule has 1 amide bonds. The molecule has 106 valence electrons. The average molecular weight is 274 g/mol. The summed E-state index contributed by atoms with van der Waals surface area (Å²) in [5.41, 5.74) is 0.563. The summed E-state index contributed by atoms with van der Waals surface area (Å²) < 4.78 is 5.30. The van der Waals surface area contributed by atoms with Crippen molar-refractivity contribution in [3.05, 3.63) is 42.5 Å². The molecule has 0 unspecified atom stereocenters. The number of para-hydroxylation sites is 1. The summed E-state index contributed by atoms with van der Waals surface area (Å²) in [6, 6.07) is 7.53. The number of carbonyl (C=O) groups excluding carboxylic acids is 1. The van der Waals surface area contributed by atoms with E-state index in [-0.39, 0.29) is 5.91 Å². The molecule has 1 aliphatic rings. The molecule has 0 saturated heterocycles. The van der Waals surface area contributed by atoms with Gasteiger partial charge >= 0.3 is 0 Å². The molecule has 0 saturated carbocycles. The lowest BCUT2D eigenvalue weighted by atomic mass is 9.94. The molecule has 1 aromatic rings. The molecule has 0 spiro atoms. The largest absolute Gasteiger partial charge is 0.496 e. The smallest absolute Gasteiger partial charge is 0.267 e. The number of hydrogen-bond donors (Lipinski definition) is 1. The monoisotopic (exact) mass is 274 g/mol. The summed E-state index contributed by atoms with van der Waals surface area (Å²) in [4.78, 5) is 17.4. The molecule has 5 heteroatoms. The highest BCUT2D eigenvalue weighted by atomic mass is 16.7. The van der Waals surface area contributed by atoms with Crippen LogP contribution in [0.15, 0.2) is 42.1 Å². The van der Waals surface area contributed by atoms with Gasteiger partial charge in [0.05, 0.1) is 12.8 Å². The molecule has 0 fully saturated rings. The van der Waals surface area contributed by atoms with Crippen LogP contribution < -0.4 is 10.1 Å². The Morgan fingerprint density at radius 1 is 1.60 bits per heavy atom. The molecular formula is C15H18N2O3. The SMILES string of the molecule is C=CCNC(=O)[C@]1(C)CC(c2ccccc2OC)=NO1. The zero-order valence-corrected chi connectivity index (χ0v) is 11.7. The standard InChI is InChI=1S/C15H18N2O3/c1-4-9-16-14(18)15(2)10-12(17-20-15)11-7-5-6-8-13(11)19-3/h4-8H,1,9-10H2,2-3H3,(H,16,18)/t15-/m0/s1. The van der Waals surface area contributed by atoms with Crippen LogP contribution in [0.1, 0.15) is 18.9 Å². The highest BCUT2D eigenvalue weighted by molar-refractivity contribution is 6.07.